The standard InChI is InChI=1S/C14H25NO3/c1-6-9(2)12(16)10-7-11(8-10)15-13(17)18-14(3,4)5/h9-11H,6-8H2,1-5H3,(H,15,17). The van der Waals surface area contributed by atoms with E-state index in [1.807, 2.05) is 34.6 Å². The highest BCUT2D eigenvalue weighted by Crippen LogP contribution is 2.31. The monoisotopic (exact) mass is 255 g/mol. The number of hydrogen-bond acceptors (Lipinski definition) is 3. The number of Topliss-reactive ketones (excluding diaryl/α,β-unsaturated/α-hetero) is 1. The van der Waals surface area contributed by atoms with Crippen LogP contribution in [0.1, 0.15) is 53.9 Å². The molecule has 0 spiro atoms. The predicted octanol–water partition coefficient (Wildman–Crippen LogP) is 2.90. The second kappa shape index (κ2) is 5.72. The van der Waals surface area contributed by atoms with Gasteiger partial charge in [-0.25, -0.2) is 4.79 Å². The van der Waals surface area contributed by atoms with Gasteiger partial charge in [-0.2, -0.15) is 0 Å². The number of rotatable bonds is 4. The number of carbonyl (C=O) groups is 2. The third-order valence-corrected chi connectivity index (χ3v) is 3.36. The van der Waals surface area contributed by atoms with Crippen LogP contribution in [0.4, 0.5) is 4.79 Å². The van der Waals surface area contributed by atoms with E-state index in [0.29, 0.717) is 5.78 Å². The van der Waals surface area contributed by atoms with E-state index in [9.17, 15) is 9.59 Å². The quantitative estimate of drug-likeness (QED) is 0.840. The van der Waals surface area contributed by atoms with Crippen molar-refractivity contribution in [3.63, 3.8) is 0 Å². The summed E-state index contributed by atoms with van der Waals surface area (Å²) < 4.78 is 5.17. The molecule has 104 valence electrons. The summed E-state index contributed by atoms with van der Waals surface area (Å²) in [5.74, 6) is 0.595. The second-order valence-electron chi connectivity index (χ2n) is 6.22. The molecule has 1 aliphatic rings. The Morgan fingerprint density at radius 2 is 1.89 bits per heavy atom. The van der Waals surface area contributed by atoms with Gasteiger partial charge >= 0.3 is 6.09 Å². The van der Waals surface area contributed by atoms with Crippen LogP contribution in [0.5, 0.6) is 0 Å². The van der Waals surface area contributed by atoms with Gasteiger partial charge in [0.15, 0.2) is 0 Å². The Labute approximate surface area is 109 Å². The van der Waals surface area contributed by atoms with Crippen LogP contribution in [0.25, 0.3) is 0 Å². The van der Waals surface area contributed by atoms with Crippen molar-refractivity contribution < 1.29 is 14.3 Å². The van der Waals surface area contributed by atoms with E-state index in [4.69, 9.17) is 4.74 Å². The predicted molar refractivity (Wildman–Crippen MR) is 70.3 cm³/mol. The summed E-state index contributed by atoms with van der Waals surface area (Å²) in [4.78, 5) is 23.4. The Bertz CT molecular complexity index is 313. The van der Waals surface area contributed by atoms with Crippen molar-refractivity contribution in [1.29, 1.82) is 0 Å². The lowest BCUT2D eigenvalue weighted by Crippen LogP contribution is -2.48. The number of ketones is 1. The molecule has 18 heavy (non-hydrogen) atoms. The number of alkyl carbamates (subject to hydrolysis) is 1. The molecule has 0 aliphatic heterocycles. The van der Waals surface area contributed by atoms with E-state index < -0.39 is 5.60 Å². The molecular weight excluding hydrogens is 230 g/mol. The van der Waals surface area contributed by atoms with Crippen molar-refractivity contribution in [1.82, 2.24) is 5.32 Å². The number of amides is 1. The van der Waals surface area contributed by atoms with E-state index >= 15 is 0 Å². The minimum absolute atomic E-state index is 0.0952. The summed E-state index contributed by atoms with van der Waals surface area (Å²) in [5.41, 5.74) is -0.472. The molecule has 1 saturated carbocycles. The van der Waals surface area contributed by atoms with Crippen molar-refractivity contribution in [2.75, 3.05) is 0 Å². The summed E-state index contributed by atoms with van der Waals surface area (Å²) in [6.45, 7) is 9.50. The first kappa shape index (κ1) is 15.0. The normalized spacial score (nSPS) is 24.9. The molecule has 0 heterocycles. The highest BCUT2D eigenvalue weighted by atomic mass is 16.6. The van der Waals surface area contributed by atoms with E-state index in [-0.39, 0.29) is 24.0 Å². The topological polar surface area (TPSA) is 55.4 Å². The van der Waals surface area contributed by atoms with Gasteiger partial charge in [0.1, 0.15) is 11.4 Å². The first-order chi connectivity index (χ1) is 8.23. The molecule has 1 aliphatic carbocycles. The van der Waals surface area contributed by atoms with Gasteiger partial charge in [-0.1, -0.05) is 13.8 Å². The van der Waals surface area contributed by atoms with Crippen molar-refractivity contribution in [2.45, 2.75) is 65.5 Å². The van der Waals surface area contributed by atoms with E-state index in [1.54, 1.807) is 0 Å². The van der Waals surface area contributed by atoms with Gasteiger partial charge in [0, 0.05) is 17.9 Å². The Balaban J connectivity index is 2.27. The first-order valence-corrected chi connectivity index (χ1v) is 6.76. The van der Waals surface area contributed by atoms with Gasteiger partial charge in [-0.15, -0.1) is 0 Å². The van der Waals surface area contributed by atoms with Gasteiger partial charge < -0.3 is 10.1 Å². The number of carbonyl (C=O) groups excluding carboxylic acids is 2. The SMILES string of the molecule is CCC(C)C(=O)C1CC(NC(=O)OC(C)(C)C)C1. The lowest BCUT2D eigenvalue weighted by atomic mass is 9.74. The molecule has 1 N–H and O–H groups in total. The average Bonchev–Trinajstić information content (AvgIpc) is 2.18. The fourth-order valence-corrected chi connectivity index (χ4v) is 2.05. The van der Waals surface area contributed by atoms with Crippen LogP contribution in [0.2, 0.25) is 0 Å². The lowest BCUT2D eigenvalue weighted by Gasteiger charge is -2.36. The maximum atomic E-state index is 11.9. The minimum atomic E-state index is -0.472. The largest absolute Gasteiger partial charge is 0.444 e. The molecule has 0 saturated heterocycles. The molecule has 0 aromatic carbocycles. The van der Waals surface area contributed by atoms with Crippen LogP contribution in [0, 0.1) is 11.8 Å². The van der Waals surface area contributed by atoms with Crippen molar-refractivity contribution in [2.24, 2.45) is 11.8 Å². The molecule has 0 aromatic rings. The smallest absolute Gasteiger partial charge is 0.407 e. The molecule has 0 bridgehead atoms. The third-order valence-electron chi connectivity index (χ3n) is 3.36. The van der Waals surface area contributed by atoms with Gasteiger partial charge in [0.25, 0.3) is 0 Å². The number of ether oxygens (including phenoxy) is 1. The fourth-order valence-electron chi connectivity index (χ4n) is 2.05. The molecule has 4 nitrogen and oxygen atoms in total. The van der Waals surface area contributed by atoms with Gasteiger partial charge in [0.05, 0.1) is 0 Å². The zero-order chi connectivity index (χ0) is 13.9. The summed E-state index contributed by atoms with van der Waals surface area (Å²) >= 11 is 0. The third kappa shape index (κ3) is 4.31. The number of hydrogen-bond donors (Lipinski definition) is 1. The fraction of sp³-hybridized carbons (Fsp3) is 0.857. The molecule has 1 rings (SSSR count). The molecule has 1 unspecified atom stereocenters. The first-order valence-electron chi connectivity index (χ1n) is 6.76. The van der Waals surface area contributed by atoms with Gasteiger partial charge in [-0.3, -0.25) is 4.79 Å². The Kier molecular flexibility index (Phi) is 4.77. The molecule has 4 heteroatoms. The molecule has 1 atom stereocenters. The highest BCUT2D eigenvalue weighted by molar-refractivity contribution is 5.84. The van der Waals surface area contributed by atoms with Crippen LogP contribution in [-0.2, 0) is 9.53 Å². The van der Waals surface area contributed by atoms with Gasteiger partial charge in [-0.05, 0) is 40.0 Å². The van der Waals surface area contributed by atoms with Crippen LogP contribution < -0.4 is 5.32 Å². The Morgan fingerprint density at radius 1 is 1.33 bits per heavy atom. The molecular formula is C14H25NO3. The highest BCUT2D eigenvalue weighted by Gasteiger charge is 2.37. The van der Waals surface area contributed by atoms with E-state index in [2.05, 4.69) is 5.32 Å². The zero-order valence-electron chi connectivity index (χ0n) is 12.1. The summed E-state index contributed by atoms with van der Waals surface area (Å²) in [5, 5.41) is 2.80. The van der Waals surface area contributed by atoms with Crippen molar-refractivity contribution in [3.8, 4) is 0 Å². The van der Waals surface area contributed by atoms with Crippen LogP contribution in [0.3, 0.4) is 0 Å². The Hall–Kier alpha value is -1.06. The molecule has 0 radical (unpaired) electrons. The van der Waals surface area contributed by atoms with Crippen LogP contribution >= 0.6 is 0 Å². The minimum Gasteiger partial charge on any atom is -0.444 e. The van der Waals surface area contributed by atoms with E-state index in [1.165, 1.54) is 0 Å². The maximum absolute atomic E-state index is 11.9. The maximum Gasteiger partial charge on any atom is 0.407 e. The molecule has 0 aromatic heterocycles. The lowest BCUT2D eigenvalue weighted by molar-refractivity contribution is -0.129. The summed E-state index contributed by atoms with van der Waals surface area (Å²) in [6, 6.07) is 0.0952. The second-order valence-corrected chi connectivity index (χ2v) is 6.22. The van der Waals surface area contributed by atoms with Crippen molar-refractivity contribution >= 4 is 11.9 Å². The summed E-state index contributed by atoms with van der Waals surface area (Å²) in [6.07, 6.45) is 2.01. The Morgan fingerprint density at radius 3 is 2.33 bits per heavy atom. The average molecular weight is 255 g/mol. The van der Waals surface area contributed by atoms with Crippen LogP contribution in [0.15, 0.2) is 0 Å². The zero-order valence-corrected chi connectivity index (χ0v) is 12.1. The number of nitrogens with one attached hydrogen (secondary N) is 1. The van der Waals surface area contributed by atoms with Gasteiger partial charge in [0.2, 0.25) is 0 Å². The molecule has 1 amide bonds. The molecule has 1 fully saturated rings. The van der Waals surface area contributed by atoms with E-state index in [0.717, 1.165) is 19.3 Å². The summed E-state index contributed by atoms with van der Waals surface area (Å²) in [7, 11) is 0. The van der Waals surface area contributed by atoms with Crippen LogP contribution in [-0.4, -0.2) is 23.5 Å². The van der Waals surface area contributed by atoms with Crippen molar-refractivity contribution in [3.05, 3.63) is 0 Å².